The van der Waals surface area contributed by atoms with E-state index in [1.54, 1.807) is 0 Å². The largest absolute Gasteiger partial charge is 0.494 e. The number of thioether (sulfide) groups is 1. The first-order valence-electron chi connectivity index (χ1n) is 5.54. The van der Waals surface area contributed by atoms with Gasteiger partial charge in [0.2, 0.25) is 10.0 Å². The Labute approximate surface area is 119 Å². The Hall–Kier alpha value is -1.32. The first kappa shape index (κ1) is 15.1. The molecule has 1 heterocycles. The summed E-state index contributed by atoms with van der Waals surface area (Å²) in [6.07, 6.45) is 0. The van der Waals surface area contributed by atoms with Gasteiger partial charge in [-0.2, -0.15) is 4.31 Å². The number of halogens is 1. The molecule has 1 N–H and O–H groups in total. The fraction of sp³-hybridized carbons (Fsp3) is 0.364. The topological polar surface area (TPSA) is 83.9 Å². The van der Waals surface area contributed by atoms with Crippen LogP contribution in [0.2, 0.25) is 0 Å². The summed E-state index contributed by atoms with van der Waals surface area (Å²) in [6.45, 7) is 0. The minimum atomic E-state index is -4.04. The van der Waals surface area contributed by atoms with E-state index in [-0.39, 0.29) is 22.3 Å². The summed E-state index contributed by atoms with van der Waals surface area (Å²) < 4.78 is 43.9. The minimum Gasteiger partial charge on any atom is -0.494 e. The number of benzene rings is 1. The smallest absolute Gasteiger partial charge is 0.322 e. The number of hydrogen-bond donors (Lipinski definition) is 1. The van der Waals surface area contributed by atoms with Crippen molar-refractivity contribution in [2.75, 3.05) is 18.7 Å². The van der Waals surface area contributed by atoms with Crippen LogP contribution in [0, 0.1) is 5.82 Å². The van der Waals surface area contributed by atoms with E-state index in [0.29, 0.717) is 0 Å². The molecule has 1 atom stereocenters. The number of aliphatic carboxylic acids is 1. The average molecular weight is 321 g/mol. The van der Waals surface area contributed by atoms with Crippen molar-refractivity contribution in [2.24, 2.45) is 0 Å². The molecule has 1 aromatic carbocycles. The summed E-state index contributed by atoms with van der Waals surface area (Å²) in [5, 5.41) is 9.02. The molecule has 1 aliphatic rings. The quantitative estimate of drug-likeness (QED) is 0.890. The van der Waals surface area contributed by atoms with Gasteiger partial charge in [0.15, 0.2) is 11.6 Å². The van der Waals surface area contributed by atoms with E-state index < -0.39 is 27.9 Å². The first-order chi connectivity index (χ1) is 9.37. The predicted octanol–water partition coefficient (Wildman–Crippen LogP) is 0.982. The lowest BCUT2D eigenvalue weighted by molar-refractivity contribution is -0.140. The number of carboxylic acids is 1. The highest BCUT2D eigenvalue weighted by Gasteiger charge is 2.40. The van der Waals surface area contributed by atoms with Crippen LogP contribution in [0.5, 0.6) is 5.75 Å². The zero-order chi connectivity index (χ0) is 14.9. The lowest BCUT2D eigenvalue weighted by Crippen LogP contribution is -2.41. The zero-order valence-electron chi connectivity index (χ0n) is 10.4. The Morgan fingerprint density at radius 3 is 2.80 bits per heavy atom. The molecule has 0 amide bonds. The van der Waals surface area contributed by atoms with E-state index in [2.05, 4.69) is 0 Å². The van der Waals surface area contributed by atoms with Crippen LogP contribution >= 0.6 is 11.8 Å². The van der Waals surface area contributed by atoms with Gasteiger partial charge in [0, 0.05) is 5.75 Å². The highest BCUT2D eigenvalue weighted by Crippen LogP contribution is 2.30. The normalized spacial score (nSPS) is 20.0. The molecule has 0 aliphatic carbocycles. The van der Waals surface area contributed by atoms with E-state index in [1.807, 2.05) is 0 Å². The van der Waals surface area contributed by atoms with Crippen LogP contribution in [0.15, 0.2) is 23.1 Å². The zero-order valence-corrected chi connectivity index (χ0v) is 12.1. The first-order valence-corrected chi connectivity index (χ1v) is 8.13. The van der Waals surface area contributed by atoms with Gasteiger partial charge in [0.1, 0.15) is 6.04 Å². The second-order valence-corrected chi connectivity index (χ2v) is 6.93. The lowest BCUT2D eigenvalue weighted by atomic mass is 10.3. The molecule has 0 bridgehead atoms. The van der Waals surface area contributed by atoms with Crippen molar-refractivity contribution in [1.82, 2.24) is 4.31 Å². The summed E-state index contributed by atoms with van der Waals surface area (Å²) in [6, 6.07) is 2.09. The number of nitrogens with zero attached hydrogens (tertiary/aromatic N) is 1. The summed E-state index contributed by atoms with van der Waals surface area (Å²) in [7, 11) is -2.78. The molecule has 1 fully saturated rings. The van der Waals surface area contributed by atoms with Gasteiger partial charge in [-0.05, 0) is 18.2 Å². The average Bonchev–Trinajstić information content (AvgIpc) is 2.88. The van der Waals surface area contributed by atoms with Gasteiger partial charge in [-0.3, -0.25) is 4.79 Å². The maximum Gasteiger partial charge on any atom is 0.322 e. The SMILES string of the molecule is COc1ccc(S(=O)(=O)N2CSCC2C(=O)O)cc1F. The van der Waals surface area contributed by atoms with Gasteiger partial charge in [-0.15, -0.1) is 11.8 Å². The van der Waals surface area contributed by atoms with E-state index in [4.69, 9.17) is 9.84 Å². The Morgan fingerprint density at radius 1 is 1.55 bits per heavy atom. The van der Waals surface area contributed by atoms with Crippen LogP contribution in [0.1, 0.15) is 0 Å². The molecular formula is C11H12FNO5S2. The molecule has 0 saturated carbocycles. The number of carboxylic acid groups (broad SMARTS) is 1. The minimum absolute atomic E-state index is 0.0347. The number of hydrogen-bond acceptors (Lipinski definition) is 5. The Kier molecular flexibility index (Phi) is 4.21. The third-order valence-corrected chi connectivity index (χ3v) is 5.88. The Morgan fingerprint density at radius 2 is 2.25 bits per heavy atom. The monoisotopic (exact) mass is 321 g/mol. The highest BCUT2D eigenvalue weighted by atomic mass is 32.2. The molecule has 0 aromatic heterocycles. The molecule has 20 heavy (non-hydrogen) atoms. The van der Waals surface area contributed by atoms with E-state index >= 15 is 0 Å². The second kappa shape index (κ2) is 5.58. The van der Waals surface area contributed by atoms with Crippen LogP contribution in [-0.2, 0) is 14.8 Å². The number of carbonyl (C=O) groups is 1. The van der Waals surface area contributed by atoms with Crippen molar-refractivity contribution in [1.29, 1.82) is 0 Å². The van der Waals surface area contributed by atoms with Gasteiger partial charge >= 0.3 is 5.97 Å². The van der Waals surface area contributed by atoms with Gasteiger partial charge in [0.25, 0.3) is 0 Å². The van der Waals surface area contributed by atoms with Crippen LogP contribution < -0.4 is 4.74 Å². The number of methoxy groups -OCH3 is 1. The maximum absolute atomic E-state index is 13.6. The fourth-order valence-electron chi connectivity index (χ4n) is 1.80. The van der Waals surface area contributed by atoms with Crippen molar-refractivity contribution in [3.63, 3.8) is 0 Å². The standard InChI is InChI=1S/C11H12FNO5S2/c1-18-10-3-2-7(4-8(10)12)20(16,17)13-6-19-5-9(13)11(14)15/h2-4,9H,5-6H2,1H3,(H,14,15). The van der Waals surface area contributed by atoms with Crippen LogP contribution in [-0.4, -0.2) is 48.6 Å². The number of ether oxygens (including phenoxy) is 1. The third kappa shape index (κ3) is 2.60. The van der Waals surface area contributed by atoms with Crippen molar-refractivity contribution >= 4 is 27.8 Å². The molecule has 110 valence electrons. The Balaban J connectivity index is 2.40. The molecule has 2 rings (SSSR count). The molecule has 1 unspecified atom stereocenters. The van der Waals surface area contributed by atoms with Crippen LogP contribution in [0.3, 0.4) is 0 Å². The fourth-order valence-corrected chi connectivity index (χ4v) is 4.95. The summed E-state index contributed by atoms with van der Waals surface area (Å²) in [4.78, 5) is 10.8. The molecule has 0 spiro atoms. The molecule has 6 nitrogen and oxygen atoms in total. The molecule has 9 heteroatoms. The van der Waals surface area contributed by atoms with E-state index in [0.717, 1.165) is 10.4 Å². The van der Waals surface area contributed by atoms with Crippen molar-refractivity contribution in [3.8, 4) is 5.75 Å². The van der Waals surface area contributed by atoms with Gasteiger partial charge in [0.05, 0.1) is 17.9 Å². The van der Waals surface area contributed by atoms with Crippen molar-refractivity contribution < 1.29 is 27.4 Å². The maximum atomic E-state index is 13.6. The molecule has 1 aromatic rings. The molecule has 1 saturated heterocycles. The highest BCUT2D eigenvalue weighted by molar-refractivity contribution is 8.00. The van der Waals surface area contributed by atoms with Crippen LogP contribution in [0.25, 0.3) is 0 Å². The van der Waals surface area contributed by atoms with E-state index in [1.165, 1.54) is 31.0 Å². The molecular weight excluding hydrogens is 309 g/mol. The number of rotatable bonds is 4. The summed E-state index contributed by atoms with van der Waals surface area (Å²) >= 11 is 1.20. The Bertz CT molecular complexity index is 634. The van der Waals surface area contributed by atoms with Gasteiger partial charge < -0.3 is 9.84 Å². The summed E-state index contributed by atoms with van der Waals surface area (Å²) in [5.74, 6) is -1.89. The van der Waals surface area contributed by atoms with Gasteiger partial charge in [-0.25, -0.2) is 12.8 Å². The summed E-state index contributed by atoms with van der Waals surface area (Å²) in [5.41, 5.74) is 0. The second-order valence-electron chi connectivity index (χ2n) is 4.04. The molecule has 0 radical (unpaired) electrons. The van der Waals surface area contributed by atoms with Crippen molar-refractivity contribution in [2.45, 2.75) is 10.9 Å². The molecule has 1 aliphatic heterocycles. The van der Waals surface area contributed by atoms with Crippen LogP contribution in [0.4, 0.5) is 4.39 Å². The predicted molar refractivity (Wildman–Crippen MR) is 70.7 cm³/mol. The number of sulfonamides is 1. The lowest BCUT2D eigenvalue weighted by Gasteiger charge is -2.20. The van der Waals surface area contributed by atoms with Gasteiger partial charge in [-0.1, -0.05) is 0 Å². The van der Waals surface area contributed by atoms with Crippen molar-refractivity contribution in [3.05, 3.63) is 24.0 Å². The van der Waals surface area contributed by atoms with E-state index in [9.17, 15) is 17.6 Å². The third-order valence-electron chi connectivity index (χ3n) is 2.86.